The lowest BCUT2D eigenvalue weighted by Gasteiger charge is -2.15. The second-order valence-electron chi connectivity index (χ2n) is 4.76. The average molecular weight is 265 g/mol. The van der Waals surface area contributed by atoms with Gasteiger partial charge in [0.2, 0.25) is 11.5 Å². The molecule has 19 heavy (non-hydrogen) atoms. The highest BCUT2D eigenvalue weighted by molar-refractivity contribution is 5.95. The summed E-state index contributed by atoms with van der Waals surface area (Å²) in [6.07, 6.45) is 0. The summed E-state index contributed by atoms with van der Waals surface area (Å²) >= 11 is 0. The molecule has 1 unspecified atom stereocenters. The fourth-order valence-electron chi connectivity index (χ4n) is 1.38. The lowest BCUT2D eigenvalue weighted by molar-refractivity contribution is -0.122. The molecule has 6 heteroatoms. The van der Waals surface area contributed by atoms with Gasteiger partial charge >= 0.3 is 0 Å². The van der Waals surface area contributed by atoms with Crippen LogP contribution in [0, 0.1) is 5.92 Å². The van der Waals surface area contributed by atoms with E-state index in [0.29, 0.717) is 12.5 Å². The van der Waals surface area contributed by atoms with Crippen molar-refractivity contribution >= 4 is 11.8 Å². The highest BCUT2D eigenvalue weighted by Gasteiger charge is 2.16. The number of hydrogen-bond donors (Lipinski definition) is 3. The van der Waals surface area contributed by atoms with Crippen LogP contribution in [0.5, 0.6) is 0 Å². The zero-order chi connectivity index (χ0) is 14.4. The summed E-state index contributed by atoms with van der Waals surface area (Å²) in [4.78, 5) is 37.0. The number of nitrogens with one attached hydrogen (secondary N) is 3. The maximum atomic E-state index is 11.8. The van der Waals surface area contributed by atoms with E-state index in [1.165, 1.54) is 18.2 Å². The Morgan fingerprint density at radius 2 is 1.95 bits per heavy atom. The third kappa shape index (κ3) is 4.95. The first-order valence-electron chi connectivity index (χ1n) is 6.18. The van der Waals surface area contributed by atoms with Gasteiger partial charge in [0, 0.05) is 12.6 Å². The van der Waals surface area contributed by atoms with Gasteiger partial charge in [-0.3, -0.25) is 14.4 Å². The molecule has 3 N–H and O–H groups in total. The second kappa shape index (κ2) is 6.72. The van der Waals surface area contributed by atoms with Crippen molar-refractivity contribution in [3.63, 3.8) is 0 Å². The maximum Gasteiger partial charge on any atom is 0.268 e. The summed E-state index contributed by atoms with van der Waals surface area (Å²) < 4.78 is 0. The van der Waals surface area contributed by atoms with Crippen molar-refractivity contribution in [3.8, 4) is 0 Å². The zero-order valence-corrected chi connectivity index (χ0v) is 11.3. The monoisotopic (exact) mass is 265 g/mol. The number of pyridine rings is 1. The van der Waals surface area contributed by atoms with Gasteiger partial charge in [-0.1, -0.05) is 19.9 Å². The largest absolute Gasteiger partial charge is 0.354 e. The first-order valence-corrected chi connectivity index (χ1v) is 6.18. The lowest BCUT2D eigenvalue weighted by Crippen LogP contribution is -2.46. The minimum absolute atomic E-state index is 0.135. The van der Waals surface area contributed by atoms with Crippen LogP contribution in [0.3, 0.4) is 0 Å². The highest BCUT2D eigenvalue weighted by atomic mass is 16.2. The molecule has 1 aromatic heterocycles. The molecule has 0 saturated heterocycles. The van der Waals surface area contributed by atoms with Crippen molar-refractivity contribution < 1.29 is 9.59 Å². The van der Waals surface area contributed by atoms with E-state index in [1.54, 1.807) is 6.92 Å². The van der Waals surface area contributed by atoms with Crippen molar-refractivity contribution in [2.24, 2.45) is 5.92 Å². The van der Waals surface area contributed by atoms with Crippen LogP contribution < -0.4 is 16.2 Å². The van der Waals surface area contributed by atoms with E-state index in [4.69, 9.17) is 0 Å². The van der Waals surface area contributed by atoms with Gasteiger partial charge in [-0.2, -0.15) is 0 Å². The molecule has 0 bridgehead atoms. The third-order valence-electron chi connectivity index (χ3n) is 2.44. The summed E-state index contributed by atoms with van der Waals surface area (Å²) in [5.41, 5.74) is -0.222. The molecule has 1 heterocycles. The molecule has 1 aromatic rings. The van der Waals surface area contributed by atoms with E-state index in [9.17, 15) is 14.4 Å². The van der Waals surface area contributed by atoms with Gasteiger partial charge in [0.1, 0.15) is 11.7 Å². The molecule has 0 aliphatic rings. The standard InChI is InChI=1S/C13H19N3O3/c1-8(2)7-14-12(18)9(3)15-13(19)10-5-4-6-11(17)16-10/h4-6,8-9H,7H2,1-3H3,(H,14,18)(H,15,19)(H,16,17). The molecule has 2 amide bonds. The highest BCUT2D eigenvalue weighted by Crippen LogP contribution is 1.93. The molecule has 0 saturated carbocycles. The molecule has 6 nitrogen and oxygen atoms in total. The quantitative estimate of drug-likeness (QED) is 0.713. The van der Waals surface area contributed by atoms with E-state index in [2.05, 4.69) is 15.6 Å². The van der Waals surface area contributed by atoms with Gasteiger partial charge in [0.25, 0.3) is 5.91 Å². The fourth-order valence-corrected chi connectivity index (χ4v) is 1.38. The molecule has 0 aromatic carbocycles. The normalized spacial score (nSPS) is 12.0. The Hall–Kier alpha value is -2.11. The molecular weight excluding hydrogens is 246 g/mol. The molecular formula is C13H19N3O3. The Balaban J connectivity index is 2.57. The topological polar surface area (TPSA) is 91.1 Å². The number of aromatic amines is 1. The van der Waals surface area contributed by atoms with Gasteiger partial charge < -0.3 is 15.6 Å². The van der Waals surface area contributed by atoms with E-state index < -0.39 is 11.9 Å². The minimum Gasteiger partial charge on any atom is -0.354 e. The number of H-pyrrole nitrogens is 1. The fraction of sp³-hybridized carbons (Fsp3) is 0.462. The predicted octanol–water partition coefficient (Wildman–Crippen LogP) is 0.265. The number of hydrogen-bond acceptors (Lipinski definition) is 3. The lowest BCUT2D eigenvalue weighted by atomic mass is 10.2. The van der Waals surface area contributed by atoms with E-state index >= 15 is 0 Å². The first-order chi connectivity index (χ1) is 8.90. The Labute approximate surface area is 111 Å². The minimum atomic E-state index is -0.657. The van der Waals surface area contributed by atoms with E-state index in [0.717, 1.165) is 0 Å². The van der Waals surface area contributed by atoms with Gasteiger partial charge in [-0.05, 0) is 18.9 Å². The summed E-state index contributed by atoms with van der Waals surface area (Å²) in [6, 6.07) is 3.62. The number of amides is 2. The Morgan fingerprint density at radius 3 is 2.53 bits per heavy atom. The van der Waals surface area contributed by atoms with E-state index in [-0.39, 0.29) is 17.2 Å². The van der Waals surface area contributed by atoms with Crippen LogP contribution in [0.25, 0.3) is 0 Å². The number of carbonyl (C=O) groups excluding carboxylic acids is 2. The Bertz CT molecular complexity index is 508. The van der Waals surface area contributed by atoms with Crippen LogP contribution in [0.2, 0.25) is 0 Å². The third-order valence-corrected chi connectivity index (χ3v) is 2.44. The summed E-state index contributed by atoms with van der Waals surface area (Å²) in [6.45, 7) is 6.12. The predicted molar refractivity (Wildman–Crippen MR) is 71.8 cm³/mol. The zero-order valence-electron chi connectivity index (χ0n) is 11.3. The van der Waals surface area contributed by atoms with Crippen molar-refractivity contribution in [2.75, 3.05) is 6.54 Å². The number of rotatable bonds is 5. The SMILES string of the molecule is CC(C)CNC(=O)C(C)NC(=O)c1cccc(=O)[nH]1. The molecule has 1 rings (SSSR count). The summed E-state index contributed by atoms with van der Waals surface area (Å²) in [7, 11) is 0. The van der Waals surface area contributed by atoms with Crippen LogP contribution in [-0.4, -0.2) is 29.4 Å². The van der Waals surface area contributed by atoms with Gasteiger partial charge in [0.15, 0.2) is 0 Å². The van der Waals surface area contributed by atoms with Crippen LogP contribution in [-0.2, 0) is 4.79 Å². The molecule has 0 fully saturated rings. The summed E-state index contributed by atoms with van der Waals surface area (Å²) in [5.74, 6) is -0.387. The maximum absolute atomic E-state index is 11.8. The van der Waals surface area contributed by atoms with Crippen LogP contribution in [0.4, 0.5) is 0 Å². The second-order valence-corrected chi connectivity index (χ2v) is 4.76. The number of carbonyl (C=O) groups is 2. The molecule has 0 radical (unpaired) electrons. The molecule has 1 atom stereocenters. The smallest absolute Gasteiger partial charge is 0.268 e. The Kier molecular flexibility index (Phi) is 5.29. The average Bonchev–Trinajstić information content (AvgIpc) is 2.35. The molecule has 0 aliphatic carbocycles. The molecule has 0 aliphatic heterocycles. The summed E-state index contributed by atoms with van der Waals surface area (Å²) in [5, 5.41) is 5.25. The van der Waals surface area contributed by atoms with Gasteiger partial charge in [0.05, 0.1) is 0 Å². The van der Waals surface area contributed by atoms with Crippen LogP contribution >= 0.6 is 0 Å². The van der Waals surface area contributed by atoms with Crippen molar-refractivity contribution in [3.05, 3.63) is 34.2 Å². The first kappa shape index (κ1) is 14.9. The van der Waals surface area contributed by atoms with Gasteiger partial charge in [-0.15, -0.1) is 0 Å². The van der Waals surface area contributed by atoms with E-state index in [1.807, 2.05) is 13.8 Å². The molecule has 0 spiro atoms. The van der Waals surface area contributed by atoms with Crippen molar-refractivity contribution in [1.29, 1.82) is 0 Å². The van der Waals surface area contributed by atoms with Crippen molar-refractivity contribution in [1.82, 2.24) is 15.6 Å². The molecule has 104 valence electrons. The van der Waals surface area contributed by atoms with Gasteiger partial charge in [-0.25, -0.2) is 0 Å². The van der Waals surface area contributed by atoms with Crippen LogP contribution in [0.1, 0.15) is 31.3 Å². The van der Waals surface area contributed by atoms with Crippen molar-refractivity contribution in [2.45, 2.75) is 26.8 Å². The van der Waals surface area contributed by atoms with Crippen LogP contribution in [0.15, 0.2) is 23.0 Å². The Morgan fingerprint density at radius 1 is 1.26 bits per heavy atom. The number of aromatic nitrogens is 1.